The number of sulfone groups is 1. The first-order valence-electron chi connectivity index (χ1n) is 9.06. The fraction of sp³-hybridized carbons (Fsp3) is 0.286. The molecule has 0 aliphatic carbocycles. The SMILES string of the molecule is CC(C)c1nc2c(-c3cccc(S(C)(=O)=O)c3)cccc2n1C/C(F)=C/CN. The number of benzene rings is 2. The number of imidazole rings is 1. The minimum atomic E-state index is -3.32. The van der Waals surface area contributed by atoms with Gasteiger partial charge in [0.2, 0.25) is 0 Å². The second kappa shape index (κ2) is 7.85. The van der Waals surface area contributed by atoms with Crippen molar-refractivity contribution in [2.75, 3.05) is 12.8 Å². The van der Waals surface area contributed by atoms with Crippen molar-refractivity contribution in [3.63, 3.8) is 0 Å². The Morgan fingerprint density at radius 2 is 1.96 bits per heavy atom. The molecule has 0 aliphatic rings. The summed E-state index contributed by atoms with van der Waals surface area (Å²) >= 11 is 0. The summed E-state index contributed by atoms with van der Waals surface area (Å²) in [4.78, 5) is 5.03. The van der Waals surface area contributed by atoms with Crippen LogP contribution in [-0.2, 0) is 16.4 Å². The van der Waals surface area contributed by atoms with E-state index in [1.165, 1.54) is 12.3 Å². The summed E-state index contributed by atoms with van der Waals surface area (Å²) in [6, 6.07) is 12.5. The van der Waals surface area contributed by atoms with Gasteiger partial charge in [-0.1, -0.05) is 38.1 Å². The predicted octanol–water partition coefficient (Wildman–Crippen LogP) is 4.04. The Morgan fingerprint density at radius 3 is 2.61 bits per heavy atom. The standard InChI is InChI=1S/C21H24FN3O2S/c1-14(2)21-24-20-18(15-6-4-7-17(12-15)28(3,26)27)8-5-9-19(20)25(21)13-16(22)10-11-23/h4-10,12,14H,11,13,23H2,1-3H3/b16-10-. The summed E-state index contributed by atoms with van der Waals surface area (Å²) in [6.07, 6.45) is 2.54. The van der Waals surface area contributed by atoms with Crippen molar-refractivity contribution in [1.29, 1.82) is 0 Å². The van der Waals surface area contributed by atoms with E-state index in [1.807, 2.05) is 42.7 Å². The number of halogens is 1. The Balaban J connectivity index is 2.23. The molecule has 2 aromatic carbocycles. The number of hydrogen-bond acceptors (Lipinski definition) is 4. The highest BCUT2D eigenvalue weighted by atomic mass is 32.2. The van der Waals surface area contributed by atoms with Crippen molar-refractivity contribution in [3.8, 4) is 11.1 Å². The van der Waals surface area contributed by atoms with E-state index in [-0.39, 0.29) is 29.7 Å². The predicted molar refractivity (Wildman–Crippen MR) is 111 cm³/mol. The van der Waals surface area contributed by atoms with Crippen LogP contribution in [0.1, 0.15) is 25.6 Å². The third-order valence-electron chi connectivity index (χ3n) is 4.55. The normalized spacial score (nSPS) is 12.9. The Bertz CT molecular complexity index is 1150. The van der Waals surface area contributed by atoms with Crippen molar-refractivity contribution in [2.45, 2.75) is 31.2 Å². The molecule has 0 saturated heterocycles. The van der Waals surface area contributed by atoms with Gasteiger partial charge in [-0.3, -0.25) is 0 Å². The van der Waals surface area contributed by atoms with E-state index in [0.29, 0.717) is 0 Å². The average Bonchev–Trinajstić information content (AvgIpc) is 3.00. The number of para-hydroxylation sites is 1. The number of allylic oxidation sites excluding steroid dienone is 1. The van der Waals surface area contributed by atoms with E-state index < -0.39 is 9.84 Å². The molecule has 1 aromatic heterocycles. The lowest BCUT2D eigenvalue weighted by Crippen LogP contribution is -2.07. The molecule has 0 fully saturated rings. The lowest BCUT2D eigenvalue weighted by atomic mass is 10.0. The molecule has 148 valence electrons. The van der Waals surface area contributed by atoms with Gasteiger partial charge in [0.25, 0.3) is 0 Å². The van der Waals surface area contributed by atoms with E-state index in [1.54, 1.807) is 18.2 Å². The fourth-order valence-corrected chi connectivity index (χ4v) is 3.91. The lowest BCUT2D eigenvalue weighted by Gasteiger charge is -2.10. The monoisotopic (exact) mass is 401 g/mol. The molecule has 28 heavy (non-hydrogen) atoms. The van der Waals surface area contributed by atoms with Crippen LogP contribution in [0.5, 0.6) is 0 Å². The van der Waals surface area contributed by atoms with Gasteiger partial charge in [0, 0.05) is 24.3 Å². The average molecular weight is 402 g/mol. The van der Waals surface area contributed by atoms with Crippen molar-refractivity contribution in [3.05, 3.63) is 60.2 Å². The molecule has 0 spiro atoms. The summed E-state index contributed by atoms with van der Waals surface area (Å²) in [6.45, 7) is 4.21. The molecule has 0 unspecified atom stereocenters. The summed E-state index contributed by atoms with van der Waals surface area (Å²) in [5.41, 5.74) is 8.51. The first-order chi connectivity index (χ1) is 13.2. The van der Waals surface area contributed by atoms with Crippen molar-refractivity contribution >= 4 is 20.9 Å². The Kier molecular flexibility index (Phi) is 5.67. The first kappa shape index (κ1) is 20.2. The van der Waals surface area contributed by atoms with Crippen LogP contribution in [0, 0.1) is 0 Å². The van der Waals surface area contributed by atoms with Crippen LogP contribution in [0.4, 0.5) is 4.39 Å². The Labute approximate surface area is 164 Å². The quantitative estimate of drug-likeness (QED) is 0.676. The molecule has 0 bridgehead atoms. The van der Waals surface area contributed by atoms with Crippen LogP contribution in [-0.4, -0.2) is 30.8 Å². The minimum Gasteiger partial charge on any atom is -0.327 e. The molecule has 5 nitrogen and oxygen atoms in total. The molecule has 1 heterocycles. The second-order valence-corrected chi connectivity index (χ2v) is 9.09. The van der Waals surface area contributed by atoms with Gasteiger partial charge in [-0.05, 0) is 29.8 Å². The smallest absolute Gasteiger partial charge is 0.175 e. The molecular formula is C21H24FN3O2S. The van der Waals surface area contributed by atoms with Gasteiger partial charge < -0.3 is 10.3 Å². The molecule has 0 aliphatic heterocycles. The number of fused-ring (bicyclic) bond motifs is 1. The minimum absolute atomic E-state index is 0.0635. The summed E-state index contributed by atoms with van der Waals surface area (Å²) in [7, 11) is -3.32. The zero-order valence-corrected chi connectivity index (χ0v) is 17.0. The second-order valence-electron chi connectivity index (χ2n) is 7.07. The number of rotatable bonds is 6. The molecule has 3 aromatic rings. The van der Waals surface area contributed by atoms with E-state index in [9.17, 15) is 12.8 Å². The molecule has 3 rings (SSSR count). The van der Waals surface area contributed by atoms with E-state index in [4.69, 9.17) is 10.7 Å². The molecule has 7 heteroatoms. The van der Waals surface area contributed by atoms with Crippen LogP contribution >= 0.6 is 0 Å². The molecule has 0 amide bonds. The van der Waals surface area contributed by atoms with Crippen molar-refractivity contribution < 1.29 is 12.8 Å². The number of nitrogens with two attached hydrogens (primary N) is 1. The fourth-order valence-electron chi connectivity index (χ4n) is 3.24. The van der Waals surface area contributed by atoms with E-state index >= 15 is 0 Å². The topological polar surface area (TPSA) is 78.0 Å². The molecular weight excluding hydrogens is 377 g/mol. The van der Waals surface area contributed by atoms with Gasteiger partial charge in [-0.15, -0.1) is 0 Å². The van der Waals surface area contributed by atoms with Gasteiger partial charge in [0.1, 0.15) is 11.7 Å². The maximum absolute atomic E-state index is 14.2. The third-order valence-corrected chi connectivity index (χ3v) is 5.66. The Morgan fingerprint density at radius 1 is 1.25 bits per heavy atom. The van der Waals surface area contributed by atoms with Crippen molar-refractivity contribution in [2.24, 2.45) is 5.73 Å². The van der Waals surface area contributed by atoms with Crippen LogP contribution < -0.4 is 5.73 Å². The molecule has 0 radical (unpaired) electrons. The molecule has 0 atom stereocenters. The summed E-state index contributed by atoms with van der Waals surface area (Å²) in [5, 5.41) is 0. The largest absolute Gasteiger partial charge is 0.327 e. The summed E-state index contributed by atoms with van der Waals surface area (Å²) < 4.78 is 39.9. The van der Waals surface area contributed by atoms with Crippen LogP contribution in [0.15, 0.2) is 59.3 Å². The third kappa shape index (κ3) is 4.00. The number of nitrogens with zero attached hydrogens (tertiary/aromatic N) is 2. The van der Waals surface area contributed by atoms with Crippen molar-refractivity contribution in [1.82, 2.24) is 9.55 Å². The number of aromatic nitrogens is 2. The highest BCUT2D eigenvalue weighted by molar-refractivity contribution is 7.90. The zero-order chi connectivity index (χ0) is 20.5. The van der Waals surface area contributed by atoms with Gasteiger partial charge >= 0.3 is 0 Å². The lowest BCUT2D eigenvalue weighted by molar-refractivity contribution is 0.541. The van der Waals surface area contributed by atoms with Crippen LogP contribution in [0.3, 0.4) is 0 Å². The van der Waals surface area contributed by atoms with Crippen LogP contribution in [0.25, 0.3) is 22.2 Å². The highest BCUT2D eigenvalue weighted by Gasteiger charge is 2.18. The maximum atomic E-state index is 14.2. The van der Waals surface area contributed by atoms with Gasteiger partial charge in [-0.25, -0.2) is 17.8 Å². The first-order valence-corrected chi connectivity index (χ1v) is 11.0. The van der Waals surface area contributed by atoms with Gasteiger partial charge in [-0.2, -0.15) is 0 Å². The van der Waals surface area contributed by atoms with E-state index in [0.717, 1.165) is 28.0 Å². The van der Waals surface area contributed by atoms with E-state index in [2.05, 4.69) is 0 Å². The molecule has 0 saturated carbocycles. The highest BCUT2D eigenvalue weighted by Crippen LogP contribution is 2.32. The summed E-state index contributed by atoms with van der Waals surface area (Å²) in [5.74, 6) is 0.545. The zero-order valence-electron chi connectivity index (χ0n) is 16.2. The van der Waals surface area contributed by atoms with Gasteiger partial charge in [0.05, 0.1) is 22.5 Å². The number of hydrogen-bond donors (Lipinski definition) is 1. The van der Waals surface area contributed by atoms with Gasteiger partial charge in [0.15, 0.2) is 9.84 Å². The molecule has 2 N–H and O–H groups in total. The Hall–Kier alpha value is -2.51. The van der Waals surface area contributed by atoms with Crippen LogP contribution in [0.2, 0.25) is 0 Å². The maximum Gasteiger partial charge on any atom is 0.175 e.